The van der Waals surface area contributed by atoms with E-state index in [9.17, 15) is 9.50 Å². The lowest BCUT2D eigenvalue weighted by Crippen LogP contribution is -2.27. The summed E-state index contributed by atoms with van der Waals surface area (Å²) in [6, 6.07) is 4.13. The van der Waals surface area contributed by atoms with Crippen molar-refractivity contribution in [2.75, 3.05) is 0 Å². The minimum atomic E-state index is -0.673. The molecule has 0 aliphatic carbocycles. The first-order valence-corrected chi connectivity index (χ1v) is 6.52. The third kappa shape index (κ3) is 5.07. The summed E-state index contributed by atoms with van der Waals surface area (Å²) in [4.78, 5) is 0. The van der Waals surface area contributed by atoms with Crippen molar-refractivity contribution in [3.8, 4) is 0 Å². The van der Waals surface area contributed by atoms with Crippen molar-refractivity contribution in [1.82, 2.24) is 0 Å². The van der Waals surface area contributed by atoms with E-state index < -0.39 is 12.1 Å². The van der Waals surface area contributed by atoms with Crippen LogP contribution in [0.4, 0.5) is 4.39 Å². The van der Waals surface area contributed by atoms with E-state index in [1.54, 1.807) is 12.1 Å². The first-order chi connectivity index (χ1) is 7.56. The molecule has 5 heteroatoms. The van der Waals surface area contributed by atoms with Crippen molar-refractivity contribution in [1.29, 1.82) is 0 Å². The molecule has 1 aromatic carbocycles. The Bertz CT molecular complexity index is 351. The van der Waals surface area contributed by atoms with Crippen LogP contribution in [0.5, 0.6) is 0 Å². The fourth-order valence-electron chi connectivity index (χ4n) is 1.57. The monoisotopic (exact) mass is 373 g/mol. The van der Waals surface area contributed by atoms with Crippen molar-refractivity contribution in [3.05, 3.63) is 33.1 Å². The summed E-state index contributed by atoms with van der Waals surface area (Å²) >= 11 is 2.10. The van der Waals surface area contributed by atoms with Gasteiger partial charge in [-0.25, -0.2) is 4.39 Å². The van der Waals surface area contributed by atoms with Gasteiger partial charge in [0.05, 0.1) is 12.1 Å². The number of unbranched alkanes of at least 4 members (excludes halogenated alkanes) is 1. The predicted molar refractivity (Wildman–Crippen MR) is 78.8 cm³/mol. The molecule has 0 fully saturated rings. The van der Waals surface area contributed by atoms with E-state index in [0.717, 1.165) is 16.4 Å². The van der Waals surface area contributed by atoms with Gasteiger partial charge in [0.2, 0.25) is 0 Å². The average molecular weight is 374 g/mol. The lowest BCUT2D eigenvalue weighted by Gasteiger charge is -2.19. The smallest absolute Gasteiger partial charge is 0.128 e. The fourth-order valence-corrected chi connectivity index (χ4v) is 2.09. The van der Waals surface area contributed by atoms with Crippen molar-refractivity contribution in [2.24, 2.45) is 5.73 Å². The van der Waals surface area contributed by atoms with Crippen LogP contribution in [0.25, 0.3) is 0 Å². The number of aliphatic hydroxyl groups excluding tert-OH is 1. The Morgan fingerprint density at radius 1 is 1.47 bits per heavy atom. The molecule has 0 aliphatic heterocycles. The normalized spacial score (nSPS) is 13.9. The quantitative estimate of drug-likeness (QED) is 0.777. The summed E-state index contributed by atoms with van der Waals surface area (Å²) in [6.45, 7) is 2.05. The van der Waals surface area contributed by atoms with E-state index in [1.165, 1.54) is 6.07 Å². The van der Waals surface area contributed by atoms with E-state index >= 15 is 0 Å². The maximum atomic E-state index is 13.5. The second-order valence-electron chi connectivity index (χ2n) is 3.90. The average Bonchev–Trinajstić information content (AvgIpc) is 2.28. The van der Waals surface area contributed by atoms with Gasteiger partial charge in [0.1, 0.15) is 5.82 Å². The number of benzene rings is 1. The molecule has 0 aromatic heterocycles. The van der Waals surface area contributed by atoms with E-state index in [-0.39, 0.29) is 18.2 Å². The molecule has 0 bridgehead atoms. The van der Waals surface area contributed by atoms with Crippen molar-refractivity contribution >= 4 is 35.0 Å². The molecule has 0 saturated carbocycles. The maximum absolute atomic E-state index is 13.5. The molecule has 0 radical (unpaired) electrons. The van der Waals surface area contributed by atoms with Crippen LogP contribution < -0.4 is 5.73 Å². The minimum absolute atomic E-state index is 0. The Morgan fingerprint density at radius 2 is 2.12 bits per heavy atom. The molecular formula is C12H18ClFINO. The number of halogens is 3. The van der Waals surface area contributed by atoms with Gasteiger partial charge in [0, 0.05) is 9.13 Å². The zero-order valence-corrected chi connectivity index (χ0v) is 12.7. The van der Waals surface area contributed by atoms with Crippen LogP contribution in [0.3, 0.4) is 0 Å². The minimum Gasteiger partial charge on any atom is -0.391 e. The largest absolute Gasteiger partial charge is 0.391 e. The molecule has 2 atom stereocenters. The molecule has 0 spiro atoms. The van der Waals surface area contributed by atoms with E-state index in [0.29, 0.717) is 12.0 Å². The molecule has 1 aromatic rings. The van der Waals surface area contributed by atoms with Gasteiger partial charge in [-0.05, 0) is 47.2 Å². The van der Waals surface area contributed by atoms with Gasteiger partial charge >= 0.3 is 0 Å². The SMILES string of the molecule is CCCC[C@H](O)[C@H](N)c1cc(I)ccc1F.Cl. The summed E-state index contributed by atoms with van der Waals surface area (Å²) in [5, 5.41) is 9.82. The highest BCUT2D eigenvalue weighted by Gasteiger charge is 2.19. The second kappa shape index (κ2) is 8.24. The van der Waals surface area contributed by atoms with E-state index in [2.05, 4.69) is 22.6 Å². The Morgan fingerprint density at radius 3 is 2.71 bits per heavy atom. The molecule has 0 amide bonds. The van der Waals surface area contributed by atoms with E-state index in [4.69, 9.17) is 5.73 Å². The number of aliphatic hydroxyl groups is 1. The second-order valence-corrected chi connectivity index (χ2v) is 5.15. The Hall–Kier alpha value is 0.0900. The van der Waals surface area contributed by atoms with Gasteiger partial charge in [-0.2, -0.15) is 0 Å². The van der Waals surface area contributed by atoms with Gasteiger partial charge in [0.15, 0.2) is 0 Å². The fraction of sp³-hybridized carbons (Fsp3) is 0.500. The van der Waals surface area contributed by atoms with Crippen LogP contribution in [0.15, 0.2) is 18.2 Å². The number of nitrogens with two attached hydrogens (primary N) is 1. The Labute approximate surface area is 121 Å². The van der Waals surface area contributed by atoms with Gasteiger partial charge in [-0.15, -0.1) is 12.4 Å². The molecule has 0 heterocycles. The molecule has 3 N–H and O–H groups in total. The van der Waals surface area contributed by atoms with Gasteiger partial charge in [0.25, 0.3) is 0 Å². The van der Waals surface area contributed by atoms with Crippen LogP contribution in [0.1, 0.15) is 37.8 Å². The van der Waals surface area contributed by atoms with Crippen molar-refractivity contribution in [3.63, 3.8) is 0 Å². The third-order valence-corrected chi connectivity index (χ3v) is 3.26. The predicted octanol–water partition coefficient (Wildman–Crippen LogP) is 3.40. The molecule has 2 nitrogen and oxygen atoms in total. The summed E-state index contributed by atoms with van der Waals surface area (Å²) in [7, 11) is 0. The van der Waals surface area contributed by atoms with Gasteiger partial charge < -0.3 is 10.8 Å². The summed E-state index contributed by atoms with van der Waals surface area (Å²) < 4.78 is 14.4. The number of hydrogen-bond donors (Lipinski definition) is 2. The highest BCUT2D eigenvalue weighted by atomic mass is 127. The molecule has 98 valence electrons. The molecule has 0 unspecified atom stereocenters. The number of hydrogen-bond acceptors (Lipinski definition) is 2. The van der Waals surface area contributed by atoms with Crippen LogP contribution >= 0.6 is 35.0 Å². The topological polar surface area (TPSA) is 46.2 Å². The molecule has 0 saturated heterocycles. The standard InChI is InChI=1S/C12H17FINO.ClH/c1-2-3-4-11(16)12(15)9-7-8(14)5-6-10(9)13;/h5-7,11-12,16H,2-4,15H2,1H3;1H/t11-,12+;/m0./s1. The Balaban J connectivity index is 0.00000256. The molecule has 1 rings (SSSR count). The summed E-state index contributed by atoms with van der Waals surface area (Å²) in [6.07, 6.45) is 1.84. The van der Waals surface area contributed by atoms with Crippen LogP contribution in [-0.2, 0) is 0 Å². The molecular weight excluding hydrogens is 355 g/mol. The summed E-state index contributed by atoms with van der Waals surface area (Å²) in [5.74, 6) is -0.344. The summed E-state index contributed by atoms with van der Waals surface area (Å²) in [5.41, 5.74) is 6.25. The zero-order chi connectivity index (χ0) is 12.1. The first kappa shape index (κ1) is 17.1. The Kier molecular flexibility index (Phi) is 8.28. The van der Waals surface area contributed by atoms with Gasteiger partial charge in [-0.3, -0.25) is 0 Å². The van der Waals surface area contributed by atoms with Crippen LogP contribution in [0.2, 0.25) is 0 Å². The highest BCUT2D eigenvalue weighted by molar-refractivity contribution is 14.1. The first-order valence-electron chi connectivity index (χ1n) is 5.44. The maximum Gasteiger partial charge on any atom is 0.128 e. The lowest BCUT2D eigenvalue weighted by atomic mass is 9.98. The molecule has 17 heavy (non-hydrogen) atoms. The van der Waals surface area contributed by atoms with Crippen LogP contribution in [0, 0.1) is 9.39 Å². The van der Waals surface area contributed by atoms with Crippen molar-refractivity contribution < 1.29 is 9.50 Å². The molecule has 0 aliphatic rings. The third-order valence-electron chi connectivity index (χ3n) is 2.59. The number of rotatable bonds is 5. The zero-order valence-electron chi connectivity index (χ0n) is 9.70. The van der Waals surface area contributed by atoms with Crippen molar-refractivity contribution in [2.45, 2.75) is 38.3 Å². The van der Waals surface area contributed by atoms with E-state index in [1.807, 2.05) is 6.92 Å². The lowest BCUT2D eigenvalue weighted by molar-refractivity contribution is 0.131. The highest BCUT2D eigenvalue weighted by Crippen LogP contribution is 2.22. The van der Waals surface area contributed by atoms with Crippen LogP contribution in [-0.4, -0.2) is 11.2 Å². The van der Waals surface area contributed by atoms with Gasteiger partial charge in [-0.1, -0.05) is 19.8 Å².